The van der Waals surface area contributed by atoms with Crippen molar-refractivity contribution in [2.24, 2.45) is 16.0 Å². The van der Waals surface area contributed by atoms with Gasteiger partial charge in [0.25, 0.3) is 0 Å². The lowest BCUT2D eigenvalue weighted by atomic mass is 10.2. The van der Waals surface area contributed by atoms with Crippen molar-refractivity contribution in [1.82, 2.24) is 4.98 Å². The lowest BCUT2D eigenvalue weighted by Gasteiger charge is -1.99. The standard InChI is InChI=1S/C8H8N4/c9-8-5-7(11-12-8)6-3-1-2-4-10-6/h1-5,7H,9H2. The fourth-order valence-corrected chi connectivity index (χ4v) is 1.05. The van der Waals surface area contributed by atoms with E-state index < -0.39 is 0 Å². The van der Waals surface area contributed by atoms with Gasteiger partial charge in [-0.2, -0.15) is 5.11 Å². The SMILES string of the molecule is NC1=CC(c2ccccn2)N=N1. The lowest BCUT2D eigenvalue weighted by Crippen LogP contribution is -1.93. The summed E-state index contributed by atoms with van der Waals surface area (Å²) in [5.41, 5.74) is 6.31. The van der Waals surface area contributed by atoms with Gasteiger partial charge in [0.05, 0.1) is 5.69 Å². The summed E-state index contributed by atoms with van der Waals surface area (Å²) in [6, 6.07) is 5.59. The van der Waals surface area contributed by atoms with Crippen LogP contribution in [0.25, 0.3) is 0 Å². The molecule has 4 heteroatoms. The van der Waals surface area contributed by atoms with Crippen molar-refractivity contribution in [3.05, 3.63) is 42.0 Å². The molecule has 0 saturated carbocycles. The summed E-state index contributed by atoms with van der Waals surface area (Å²) in [7, 11) is 0. The van der Waals surface area contributed by atoms with E-state index in [1.165, 1.54) is 0 Å². The third-order valence-electron chi connectivity index (χ3n) is 1.62. The molecule has 0 amide bonds. The smallest absolute Gasteiger partial charge is 0.144 e. The third kappa shape index (κ3) is 1.18. The normalized spacial score (nSPS) is 21.0. The van der Waals surface area contributed by atoms with Gasteiger partial charge in [-0.3, -0.25) is 4.98 Å². The summed E-state index contributed by atoms with van der Waals surface area (Å²) in [5.74, 6) is 0.464. The Morgan fingerprint density at radius 2 is 2.25 bits per heavy atom. The van der Waals surface area contributed by atoms with Crippen molar-refractivity contribution < 1.29 is 0 Å². The number of rotatable bonds is 1. The number of aromatic nitrogens is 1. The number of hydrogen-bond donors (Lipinski definition) is 1. The van der Waals surface area contributed by atoms with E-state index in [4.69, 9.17) is 5.73 Å². The number of azo groups is 1. The fourth-order valence-electron chi connectivity index (χ4n) is 1.05. The van der Waals surface area contributed by atoms with Gasteiger partial charge >= 0.3 is 0 Å². The van der Waals surface area contributed by atoms with Crippen LogP contribution >= 0.6 is 0 Å². The molecule has 1 atom stereocenters. The van der Waals surface area contributed by atoms with Crippen molar-refractivity contribution in [3.63, 3.8) is 0 Å². The second-order valence-electron chi connectivity index (χ2n) is 2.51. The van der Waals surface area contributed by atoms with Crippen molar-refractivity contribution >= 4 is 0 Å². The Balaban J connectivity index is 2.29. The molecule has 12 heavy (non-hydrogen) atoms. The molecule has 0 bridgehead atoms. The summed E-state index contributed by atoms with van der Waals surface area (Å²) < 4.78 is 0. The van der Waals surface area contributed by atoms with E-state index in [0.29, 0.717) is 5.82 Å². The predicted molar refractivity (Wildman–Crippen MR) is 44.1 cm³/mol. The van der Waals surface area contributed by atoms with Crippen molar-refractivity contribution in [3.8, 4) is 0 Å². The molecule has 0 spiro atoms. The average molecular weight is 160 g/mol. The second-order valence-corrected chi connectivity index (χ2v) is 2.51. The highest BCUT2D eigenvalue weighted by Gasteiger charge is 2.13. The fraction of sp³-hybridized carbons (Fsp3) is 0.125. The van der Waals surface area contributed by atoms with Crippen LogP contribution in [0.4, 0.5) is 0 Å². The Kier molecular flexibility index (Phi) is 1.59. The molecule has 0 aliphatic carbocycles. The maximum Gasteiger partial charge on any atom is 0.144 e. The predicted octanol–water partition coefficient (Wildman–Crippen LogP) is 1.39. The minimum Gasteiger partial charge on any atom is -0.382 e. The molecule has 0 aromatic carbocycles. The summed E-state index contributed by atoms with van der Waals surface area (Å²) in [5, 5.41) is 7.65. The highest BCUT2D eigenvalue weighted by atomic mass is 15.2. The molecule has 2 heterocycles. The Morgan fingerprint density at radius 3 is 2.83 bits per heavy atom. The van der Waals surface area contributed by atoms with Gasteiger partial charge in [-0.1, -0.05) is 6.07 Å². The summed E-state index contributed by atoms with van der Waals surface area (Å²) >= 11 is 0. The van der Waals surface area contributed by atoms with Crippen molar-refractivity contribution in [1.29, 1.82) is 0 Å². The van der Waals surface area contributed by atoms with E-state index in [2.05, 4.69) is 15.2 Å². The maximum atomic E-state index is 5.44. The molecule has 2 N–H and O–H groups in total. The van der Waals surface area contributed by atoms with Gasteiger partial charge in [0.15, 0.2) is 0 Å². The van der Waals surface area contributed by atoms with Gasteiger partial charge in [-0.05, 0) is 18.2 Å². The maximum absolute atomic E-state index is 5.44. The Labute approximate surface area is 69.8 Å². The van der Waals surface area contributed by atoms with Crippen LogP contribution in [0, 0.1) is 0 Å². The Bertz CT molecular complexity index is 328. The highest BCUT2D eigenvalue weighted by Crippen LogP contribution is 2.22. The molecular formula is C8H8N4. The first kappa shape index (κ1) is 6.97. The number of hydrogen-bond acceptors (Lipinski definition) is 4. The summed E-state index contributed by atoms with van der Waals surface area (Å²) in [6.07, 6.45) is 3.51. The topological polar surface area (TPSA) is 63.6 Å². The van der Waals surface area contributed by atoms with Crippen LogP contribution in [0.5, 0.6) is 0 Å². The number of nitrogens with two attached hydrogens (primary N) is 1. The van der Waals surface area contributed by atoms with Crippen LogP contribution in [0.15, 0.2) is 46.5 Å². The third-order valence-corrected chi connectivity index (χ3v) is 1.62. The Morgan fingerprint density at radius 1 is 1.33 bits per heavy atom. The molecule has 0 radical (unpaired) electrons. The highest BCUT2D eigenvalue weighted by molar-refractivity contribution is 5.19. The molecule has 0 saturated heterocycles. The van der Waals surface area contributed by atoms with E-state index in [9.17, 15) is 0 Å². The van der Waals surface area contributed by atoms with Gasteiger partial charge in [0.1, 0.15) is 11.9 Å². The monoisotopic (exact) mass is 160 g/mol. The molecule has 2 rings (SSSR count). The van der Waals surface area contributed by atoms with Crippen LogP contribution in [0.1, 0.15) is 11.7 Å². The zero-order valence-electron chi connectivity index (χ0n) is 6.38. The molecule has 1 aliphatic rings. The van der Waals surface area contributed by atoms with E-state index in [-0.39, 0.29) is 6.04 Å². The molecule has 1 unspecified atom stereocenters. The van der Waals surface area contributed by atoms with Crippen LogP contribution in [-0.4, -0.2) is 4.98 Å². The largest absolute Gasteiger partial charge is 0.382 e. The van der Waals surface area contributed by atoms with Gasteiger partial charge in [-0.25, -0.2) is 0 Å². The average Bonchev–Trinajstić information content (AvgIpc) is 2.54. The molecule has 4 nitrogen and oxygen atoms in total. The number of pyridine rings is 1. The minimum absolute atomic E-state index is 0.0915. The molecule has 1 aromatic heterocycles. The first-order chi connectivity index (χ1) is 5.86. The second kappa shape index (κ2) is 2.73. The molecule has 1 aromatic rings. The number of nitrogens with zero attached hydrogens (tertiary/aromatic N) is 3. The van der Waals surface area contributed by atoms with Gasteiger partial charge in [-0.15, -0.1) is 5.11 Å². The first-order valence-corrected chi connectivity index (χ1v) is 3.65. The van der Waals surface area contributed by atoms with Gasteiger partial charge < -0.3 is 5.73 Å². The first-order valence-electron chi connectivity index (χ1n) is 3.65. The van der Waals surface area contributed by atoms with E-state index >= 15 is 0 Å². The van der Waals surface area contributed by atoms with Gasteiger partial charge in [0.2, 0.25) is 0 Å². The summed E-state index contributed by atoms with van der Waals surface area (Å²) in [4.78, 5) is 4.14. The van der Waals surface area contributed by atoms with Crippen LogP contribution in [-0.2, 0) is 0 Å². The minimum atomic E-state index is -0.0915. The van der Waals surface area contributed by atoms with Gasteiger partial charge in [0, 0.05) is 6.20 Å². The van der Waals surface area contributed by atoms with Crippen LogP contribution in [0.2, 0.25) is 0 Å². The zero-order valence-corrected chi connectivity index (χ0v) is 6.38. The van der Waals surface area contributed by atoms with Crippen molar-refractivity contribution in [2.75, 3.05) is 0 Å². The van der Waals surface area contributed by atoms with Crippen LogP contribution in [0.3, 0.4) is 0 Å². The van der Waals surface area contributed by atoms with E-state index in [0.717, 1.165) is 5.69 Å². The molecular weight excluding hydrogens is 152 g/mol. The molecule has 60 valence electrons. The molecule has 0 fully saturated rings. The van der Waals surface area contributed by atoms with E-state index in [1.54, 1.807) is 12.3 Å². The zero-order chi connectivity index (χ0) is 8.39. The molecule has 1 aliphatic heterocycles. The Hall–Kier alpha value is -1.71. The van der Waals surface area contributed by atoms with Crippen LogP contribution < -0.4 is 5.73 Å². The summed E-state index contributed by atoms with van der Waals surface area (Å²) in [6.45, 7) is 0. The lowest BCUT2D eigenvalue weighted by molar-refractivity contribution is 0.838. The quantitative estimate of drug-likeness (QED) is 0.674. The van der Waals surface area contributed by atoms with Crippen molar-refractivity contribution in [2.45, 2.75) is 6.04 Å². The van der Waals surface area contributed by atoms with E-state index in [1.807, 2.05) is 18.2 Å².